The molecular formula is C12H7FO4S2. The lowest BCUT2D eigenvalue weighted by atomic mass is 10.1. The Labute approximate surface area is 112 Å². The highest BCUT2D eigenvalue weighted by molar-refractivity contribution is 7.91. The number of sulfone groups is 1. The first-order valence-electron chi connectivity index (χ1n) is 5.27. The third-order valence-electron chi connectivity index (χ3n) is 2.89. The van der Waals surface area contributed by atoms with Gasteiger partial charge in [-0.2, -0.15) is 0 Å². The van der Waals surface area contributed by atoms with E-state index in [0.717, 1.165) is 23.5 Å². The second-order valence-corrected chi connectivity index (χ2v) is 7.18. The zero-order valence-electron chi connectivity index (χ0n) is 9.38. The van der Waals surface area contributed by atoms with Gasteiger partial charge in [-0.3, -0.25) is 0 Å². The number of carbonyl (C=O) groups is 1. The SMILES string of the molecule is O=C(O)c1cc2c(s1)-c1cc(F)ccc1S(=O)(=O)C2. The van der Waals surface area contributed by atoms with Gasteiger partial charge in [-0.1, -0.05) is 0 Å². The maximum atomic E-state index is 13.3. The third kappa shape index (κ3) is 1.85. The average molecular weight is 298 g/mol. The molecule has 0 spiro atoms. The third-order valence-corrected chi connectivity index (χ3v) is 5.80. The van der Waals surface area contributed by atoms with E-state index in [9.17, 15) is 17.6 Å². The molecule has 0 amide bonds. The Balaban J connectivity index is 2.35. The van der Waals surface area contributed by atoms with Crippen molar-refractivity contribution in [2.75, 3.05) is 0 Å². The fraction of sp³-hybridized carbons (Fsp3) is 0.0833. The molecule has 1 aromatic carbocycles. The minimum Gasteiger partial charge on any atom is -0.477 e. The number of fused-ring (bicyclic) bond motifs is 3. The molecule has 2 aromatic rings. The van der Waals surface area contributed by atoms with Gasteiger partial charge in [0.1, 0.15) is 10.7 Å². The smallest absolute Gasteiger partial charge is 0.345 e. The van der Waals surface area contributed by atoms with Crippen LogP contribution in [0.1, 0.15) is 15.2 Å². The molecule has 0 radical (unpaired) electrons. The minimum absolute atomic E-state index is 0.0531. The summed E-state index contributed by atoms with van der Waals surface area (Å²) in [5.41, 5.74) is 0.666. The maximum Gasteiger partial charge on any atom is 0.345 e. The summed E-state index contributed by atoms with van der Waals surface area (Å²) in [6.07, 6.45) is 0. The molecule has 0 saturated carbocycles. The van der Waals surface area contributed by atoms with Crippen molar-refractivity contribution in [3.8, 4) is 10.4 Å². The van der Waals surface area contributed by atoms with E-state index in [1.807, 2.05) is 0 Å². The van der Waals surface area contributed by atoms with Crippen molar-refractivity contribution in [2.24, 2.45) is 0 Å². The second-order valence-electron chi connectivity index (χ2n) is 4.17. The molecule has 0 unspecified atom stereocenters. The van der Waals surface area contributed by atoms with Crippen molar-refractivity contribution in [2.45, 2.75) is 10.6 Å². The lowest BCUT2D eigenvalue weighted by Gasteiger charge is -2.16. The van der Waals surface area contributed by atoms with Gasteiger partial charge in [0.25, 0.3) is 0 Å². The quantitative estimate of drug-likeness (QED) is 0.821. The molecule has 4 nitrogen and oxygen atoms in total. The van der Waals surface area contributed by atoms with Crippen LogP contribution in [-0.4, -0.2) is 19.5 Å². The van der Waals surface area contributed by atoms with Crippen LogP contribution in [0.5, 0.6) is 0 Å². The Bertz CT molecular complexity index is 805. The summed E-state index contributed by atoms with van der Waals surface area (Å²) in [5, 5.41) is 8.95. The van der Waals surface area contributed by atoms with Crippen molar-refractivity contribution in [3.05, 3.63) is 40.5 Å². The number of hydrogen-bond donors (Lipinski definition) is 1. The van der Waals surface area contributed by atoms with Crippen LogP contribution in [-0.2, 0) is 15.6 Å². The number of hydrogen-bond acceptors (Lipinski definition) is 4. The van der Waals surface area contributed by atoms with E-state index in [1.54, 1.807) is 0 Å². The van der Waals surface area contributed by atoms with E-state index in [1.165, 1.54) is 12.1 Å². The number of rotatable bonds is 1. The maximum absolute atomic E-state index is 13.3. The lowest BCUT2D eigenvalue weighted by molar-refractivity contribution is 0.0702. The van der Waals surface area contributed by atoms with Crippen LogP contribution in [0.15, 0.2) is 29.2 Å². The Morgan fingerprint density at radius 2 is 2.05 bits per heavy atom. The molecule has 0 bridgehead atoms. The predicted octanol–water partition coefficient (Wildman–Crippen LogP) is 2.54. The number of aromatic carboxylic acids is 1. The summed E-state index contributed by atoms with van der Waals surface area (Å²) in [6, 6.07) is 4.79. The normalized spacial score (nSPS) is 15.6. The summed E-state index contributed by atoms with van der Waals surface area (Å²) in [4.78, 5) is 11.6. The first-order chi connectivity index (χ1) is 8.88. The average Bonchev–Trinajstić information content (AvgIpc) is 2.71. The minimum atomic E-state index is -3.54. The van der Waals surface area contributed by atoms with Crippen LogP contribution in [0.25, 0.3) is 10.4 Å². The predicted molar refractivity (Wildman–Crippen MR) is 67.6 cm³/mol. The van der Waals surface area contributed by atoms with Crippen molar-refractivity contribution in [1.82, 2.24) is 0 Å². The zero-order valence-corrected chi connectivity index (χ0v) is 11.0. The van der Waals surface area contributed by atoms with Crippen LogP contribution < -0.4 is 0 Å². The summed E-state index contributed by atoms with van der Waals surface area (Å²) in [5.74, 6) is -1.91. The van der Waals surface area contributed by atoms with Crippen molar-refractivity contribution >= 4 is 27.1 Å². The summed E-state index contributed by atoms with van der Waals surface area (Å²) in [7, 11) is -3.54. The van der Waals surface area contributed by atoms with Gasteiger partial charge in [0.05, 0.1) is 10.6 Å². The summed E-state index contributed by atoms with van der Waals surface area (Å²) < 4.78 is 37.4. The Morgan fingerprint density at radius 3 is 2.74 bits per heavy atom. The molecule has 3 rings (SSSR count). The Morgan fingerprint density at radius 1 is 1.32 bits per heavy atom. The van der Waals surface area contributed by atoms with Crippen LogP contribution in [0.2, 0.25) is 0 Å². The van der Waals surface area contributed by atoms with Crippen LogP contribution in [0.4, 0.5) is 4.39 Å². The van der Waals surface area contributed by atoms with Crippen molar-refractivity contribution < 1.29 is 22.7 Å². The molecule has 1 N–H and O–H groups in total. The zero-order chi connectivity index (χ0) is 13.8. The molecule has 1 aromatic heterocycles. The molecule has 0 saturated heterocycles. The number of carboxylic acids is 1. The van der Waals surface area contributed by atoms with Gasteiger partial charge < -0.3 is 5.11 Å². The topological polar surface area (TPSA) is 71.4 Å². The number of benzene rings is 1. The van der Waals surface area contributed by atoms with Crippen LogP contribution >= 0.6 is 11.3 Å². The monoisotopic (exact) mass is 298 g/mol. The fourth-order valence-corrected chi connectivity index (χ4v) is 4.87. The van der Waals surface area contributed by atoms with E-state index in [4.69, 9.17) is 5.11 Å². The highest BCUT2D eigenvalue weighted by Crippen LogP contribution is 2.42. The molecule has 7 heteroatoms. The fourth-order valence-electron chi connectivity index (χ4n) is 2.10. The highest BCUT2D eigenvalue weighted by atomic mass is 32.2. The second kappa shape index (κ2) is 3.88. The molecule has 1 aliphatic rings. The molecule has 0 aliphatic carbocycles. The van der Waals surface area contributed by atoms with Gasteiger partial charge in [-0.05, 0) is 29.8 Å². The summed E-state index contributed by atoms with van der Waals surface area (Å²) in [6.45, 7) is 0. The largest absolute Gasteiger partial charge is 0.477 e. The summed E-state index contributed by atoms with van der Waals surface area (Å²) >= 11 is 0.965. The van der Waals surface area contributed by atoms with Crippen molar-refractivity contribution in [3.63, 3.8) is 0 Å². The molecular weight excluding hydrogens is 291 g/mol. The molecule has 0 atom stereocenters. The van der Waals surface area contributed by atoms with E-state index < -0.39 is 21.6 Å². The van der Waals surface area contributed by atoms with E-state index in [0.29, 0.717) is 10.4 Å². The van der Waals surface area contributed by atoms with E-state index >= 15 is 0 Å². The van der Waals surface area contributed by atoms with Gasteiger partial charge in [0, 0.05) is 10.4 Å². The first-order valence-corrected chi connectivity index (χ1v) is 7.74. The number of carboxylic acid groups (broad SMARTS) is 1. The standard InChI is InChI=1S/C12H7FO4S2/c13-7-1-2-10-8(4-7)11-6(5-19(10,16)17)3-9(18-11)12(14)15/h1-4H,5H2,(H,14,15). The van der Waals surface area contributed by atoms with E-state index in [-0.39, 0.29) is 21.1 Å². The van der Waals surface area contributed by atoms with Crippen molar-refractivity contribution in [1.29, 1.82) is 0 Å². The van der Waals surface area contributed by atoms with Gasteiger partial charge >= 0.3 is 5.97 Å². The molecule has 0 fully saturated rings. The molecule has 19 heavy (non-hydrogen) atoms. The number of halogens is 1. The molecule has 2 heterocycles. The Kier molecular flexibility index (Phi) is 2.51. The van der Waals surface area contributed by atoms with Gasteiger partial charge in [0.2, 0.25) is 0 Å². The first kappa shape index (κ1) is 12.3. The Hall–Kier alpha value is -1.73. The lowest BCUT2D eigenvalue weighted by Crippen LogP contribution is -2.11. The highest BCUT2D eigenvalue weighted by Gasteiger charge is 2.31. The molecule has 1 aliphatic heterocycles. The van der Waals surface area contributed by atoms with Gasteiger partial charge in [0.15, 0.2) is 9.84 Å². The van der Waals surface area contributed by atoms with Gasteiger partial charge in [-0.25, -0.2) is 17.6 Å². The molecule has 98 valence electrons. The van der Waals surface area contributed by atoms with Crippen LogP contribution in [0.3, 0.4) is 0 Å². The van der Waals surface area contributed by atoms with Gasteiger partial charge in [-0.15, -0.1) is 11.3 Å². The van der Waals surface area contributed by atoms with E-state index in [2.05, 4.69) is 0 Å². The van der Waals surface area contributed by atoms with Crippen LogP contribution in [0, 0.1) is 5.82 Å². The number of thiophene rings is 1.